The lowest BCUT2D eigenvalue weighted by Gasteiger charge is -2.32. The first-order chi connectivity index (χ1) is 7.98. The largest absolute Gasteiger partial charge is 0.350 e. The average molecular weight is 255 g/mol. The van der Waals surface area contributed by atoms with Crippen LogP contribution in [0, 0.1) is 0 Å². The van der Waals surface area contributed by atoms with Crippen LogP contribution in [0.15, 0.2) is 9.98 Å². The molecule has 1 aliphatic carbocycles. The van der Waals surface area contributed by atoms with Gasteiger partial charge < -0.3 is 5.32 Å². The van der Waals surface area contributed by atoms with E-state index in [0.29, 0.717) is 6.04 Å². The predicted octanol–water partition coefficient (Wildman–Crippen LogP) is 1.39. The van der Waals surface area contributed by atoms with Gasteiger partial charge in [0.2, 0.25) is 5.96 Å². The quantitative estimate of drug-likeness (QED) is 0.800. The van der Waals surface area contributed by atoms with Gasteiger partial charge >= 0.3 is 0 Å². The highest BCUT2D eigenvalue weighted by Gasteiger charge is 2.28. The molecule has 17 heavy (non-hydrogen) atoms. The molecule has 2 aliphatic rings. The van der Waals surface area contributed by atoms with Crippen molar-refractivity contribution in [3.05, 3.63) is 0 Å². The van der Waals surface area contributed by atoms with E-state index in [2.05, 4.69) is 41.5 Å². The Morgan fingerprint density at radius 1 is 1.41 bits per heavy atom. The summed E-state index contributed by atoms with van der Waals surface area (Å²) in [7, 11) is 0. The highest BCUT2D eigenvalue weighted by molar-refractivity contribution is 7.99. The summed E-state index contributed by atoms with van der Waals surface area (Å²) >= 11 is 1.63. The standard InChI is InChI=1S/C11H21N5S/c1-11(2,3)14-9-13-10(17-4)12-7-16(9)15-8-5-6-8/h7-8,10,15H,5-6H2,1-4H3,(H,13,14). The summed E-state index contributed by atoms with van der Waals surface area (Å²) in [6.07, 6.45) is 6.32. The Hall–Kier alpha value is -0.750. The molecule has 0 aromatic heterocycles. The molecule has 1 fully saturated rings. The fraction of sp³-hybridized carbons (Fsp3) is 0.818. The van der Waals surface area contributed by atoms with Crippen molar-refractivity contribution in [3.63, 3.8) is 0 Å². The third-order valence-electron chi connectivity index (χ3n) is 2.37. The predicted molar refractivity (Wildman–Crippen MR) is 74.1 cm³/mol. The molecule has 1 saturated carbocycles. The Bertz CT molecular complexity index is 329. The molecule has 0 spiro atoms. The summed E-state index contributed by atoms with van der Waals surface area (Å²) in [6.45, 7) is 6.39. The van der Waals surface area contributed by atoms with E-state index in [0.717, 1.165) is 5.96 Å². The molecule has 5 nitrogen and oxygen atoms in total. The summed E-state index contributed by atoms with van der Waals surface area (Å²) in [5.41, 5.74) is 3.36. The second-order valence-corrected chi connectivity index (χ2v) is 6.32. The monoisotopic (exact) mass is 255 g/mol. The van der Waals surface area contributed by atoms with Gasteiger partial charge in [-0.15, -0.1) is 11.8 Å². The number of hydrogen-bond acceptors (Lipinski definition) is 6. The maximum absolute atomic E-state index is 4.58. The summed E-state index contributed by atoms with van der Waals surface area (Å²) in [6, 6.07) is 0.583. The Labute approximate surface area is 107 Å². The van der Waals surface area contributed by atoms with Gasteiger partial charge in [0.25, 0.3) is 0 Å². The molecule has 0 aromatic carbocycles. The van der Waals surface area contributed by atoms with E-state index in [4.69, 9.17) is 0 Å². The highest BCUT2D eigenvalue weighted by atomic mass is 32.2. The number of hydrogen-bond donors (Lipinski definition) is 2. The number of nitrogens with zero attached hydrogens (tertiary/aromatic N) is 3. The molecule has 2 N–H and O–H groups in total. The fourth-order valence-corrected chi connectivity index (χ4v) is 1.81. The lowest BCUT2D eigenvalue weighted by atomic mass is 10.1. The van der Waals surface area contributed by atoms with Gasteiger partial charge in [0.1, 0.15) is 6.34 Å². The maximum Gasteiger partial charge on any atom is 0.217 e. The summed E-state index contributed by atoms with van der Waals surface area (Å²) < 4.78 is 0. The third kappa shape index (κ3) is 3.89. The SMILES string of the molecule is CSC1N=CN(NC2CC2)C(NC(C)(C)C)=N1. The number of nitrogens with one attached hydrogen (secondary N) is 2. The van der Waals surface area contributed by atoms with Crippen molar-refractivity contribution >= 4 is 24.1 Å². The van der Waals surface area contributed by atoms with Gasteiger partial charge in [-0.25, -0.2) is 20.4 Å². The first-order valence-electron chi connectivity index (χ1n) is 5.95. The molecular formula is C11H21N5S. The summed E-state index contributed by atoms with van der Waals surface area (Å²) in [5.74, 6) is 0.860. The van der Waals surface area contributed by atoms with Gasteiger partial charge in [-0.05, 0) is 39.9 Å². The van der Waals surface area contributed by atoms with Gasteiger partial charge in [0.05, 0.1) is 0 Å². The Balaban J connectivity index is 2.05. The van der Waals surface area contributed by atoms with Crippen LogP contribution in [-0.4, -0.2) is 40.6 Å². The molecule has 0 bridgehead atoms. The molecule has 1 atom stereocenters. The van der Waals surface area contributed by atoms with Crippen LogP contribution in [-0.2, 0) is 0 Å². The van der Waals surface area contributed by atoms with Crippen molar-refractivity contribution in [3.8, 4) is 0 Å². The molecule has 0 amide bonds. The number of thioether (sulfide) groups is 1. The van der Waals surface area contributed by atoms with Crippen molar-refractivity contribution in [2.24, 2.45) is 9.98 Å². The van der Waals surface area contributed by atoms with Crippen molar-refractivity contribution < 1.29 is 0 Å². The number of rotatable bonds is 3. The van der Waals surface area contributed by atoms with Crippen molar-refractivity contribution in [2.75, 3.05) is 6.26 Å². The third-order valence-corrected chi connectivity index (χ3v) is 3.02. The minimum atomic E-state index is -0.0305. The average Bonchev–Trinajstić information content (AvgIpc) is 3.02. The van der Waals surface area contributed by atoms with E-state index in [-0.39, 0.29) is 11.0 Å². The van der Waals surface area contributed by atoms with E-state index in [1.165, 1.54) is 12.8 Å². The highest BCUT2D eigenvalue weighted by Crippen LogP contribution is 2.20. The second-order valence-electron chi connectivity index (χ2n) is 5.43. The van der Waals surface area contributed by atoms with Gasteiger partial charge in [-0.1, -0.05) is 0 Å². The number of guanidine groups is 1. The zero-order valence-corrected chi connectivity index (χ0v) is 11.7. The molecule has 0 saturated heterocycles. The lowest BCUT2D eigenvalue weighted by molar-refractivity contribution is 0.394. The zero-order chi connectivity index (χ0) is 12.5. The van der Waals surface area contributed by atoms with Crippen LogP contribution in [0.5, 0.6) is 0 Å². The van der Waals surface area contributed by atoms with E-state index in [1.807, 2.05) is 17.6 Å². The van der Waals surface area contributed by atoms with Crippen LogP contribution in [0.3, 0.4) is 0 Å². The van der Waals surface area contributed by atoms with E-state index in [9.17, 15) is 0 Å². The Morgan fingerprint density at radius 3 is 2.65 bits per heavy atom. The summed E-state index contributed by atoms with van der Waals surface area (Å²) in [5, 5.41) is 5.33. The zero-order valence-electron chi connectivity index (χ0n) is 10.9. The topological polar surface area (TPSA) is 52.0 Å². The van der Waals surface area contributed by atoms with Crippen LogP contribution in [0.4, 0.5) is 0 Å². The molecule has 1 aliphatic heterocycles. The van der Waals surface area contributed by atoms with E-state index in [1.54, 1.807) is 11.8 Å². The first-order valence-corrected chi connectivity index (χ1v) is 7.24. The maximum atomic E-state index is 4.58. The van der Waals surface area contributed by atoms with E-state index >= 15 is 0 Å². The normalized spacial score (nSPS) is 24.8. The van der Waals surface area contributed by atoms with Crippen LogP contribution in [0.1, 0.15) is 33.6 Å². The summed E-state index contributed by atoms with van der Waals surface area (Å²) in [4.78, 5) is 8.95. The second kappa shape index (κ2) is 4.86. The molecule has 6 heteroatoms. The van der Waals surface area contributed by atoms with Gasteiger partial charge in [-0.2, -0.15) is 0 Å². The fourth-order valence-electron chi connectivity index (χ4n) is 1.42. The lowest BCUT2D eigenvalue weighted by Crippen LogP contribution is -2.55. The minimum Gasteiger partial charge on any atom is -0.350 e. The van der Waals surface area contributed by atoms with Gasteiger partial charge in [-0.3, -0.25) is 0 Å². The number of hydrazine groups is 1. The van der Waals surface area contributed by atoms with Crippen LogP contribution >= 0.6 is 11.8 Å². The Kier molecular flexibility index (Phi) is 3.63. The van der Waals surface area contributed by atoms with Gasteiger partial charge in [0.15, 0.2) is 5.50 Å². The molecule has 0 radical (unpaired) electrons. The Morgan fingerprint density at radius 2 is 2.12 bits per heavy atom. The molecule has 1 unspecified atom stereocenters. The molecule has 2 rings (SSSR count). The molecule has 96 valence electrons. The molecular weight excluding hydrogens is 234 g/mol. The van der Waals surface area contributed by atoms with E-state index < -0.39 is 0 Å². The first kappa shape index (κ1) is 12.7. The smallest absolute Gasteiger partial charge is 0.217 e. The minimum absolute atomic E-state index is 0.00352. The van der Waals surface area contributed by atoms with Crippen LogP contribution < -0.4 is 10.7 Å². The van der Waals surface area contributed by atoms with Crippen molar-refractivity contribution in [2.45, 2.75) is 50.7 Å². The molecule has 1 heterocycles. The van der Waals surface area contributed by atoms with Gasteiger partial charge in [0, 0.05) is 11.6 Å². The van der Waals surface area contributed by atoms with Crippen molar-refractivity contribution in [1.82, 2.24) is 15.8 Å². The van der Waals surface area contributed by atoms with Crippen LogP contribution in [0.2, 0.25) is 0 Å². The van der Waals surface area contributed by atoms with Crippen molar-refractivity contribution in [1.29, 1.82) is 0 Å². The molecule has 0 aromatic rings. The number of aliphatic imine (C=N–C) groups is 2. The van der Waals surface area contributed by atoms with Crippen LogP contribution in [0.25, 0.3) is 0 Å².